The molecule has 1 N–H and O–H groups in total. The van der Waals surface area contributed by atoms with Crippen molar-refractivity contribution in [1.29, 1.82) is 0 Å². The van der Waals surface area contributed by atoms with E-state index < -0.39 is 11.5 Å². The molecule has 0 fully saturated rings. The van der Waals surface area contributed by atoms with Gasteiger partial charge in [0.25, 0.3) is 5.56 Å². The highest BCUT2D eigenvalue weighted by Crippen LogP contribution is 2.27. The van der Waals surface area contributed by atoms with Gasteiger partial charge in [-0.05, 0) is 55.0 Å². The summed E-state index contributed by atoms with van der Waals surface area (Å²) in [5, 5.41) is 0.105. The van der Waals surface area contributed by atoms with Crippen molar-refractivity contribution >= 4 is 29.2 Å². The summed E-state index contributed by atoms with van der Waals surface area (Å²) in [4.78, 5) is 32.8. The molecule has 0 radical (unpaired) electrons. The van der Waals surface area contributed by atoms with Crippen LogP contribution in [0.4, 0.5) is 0 Å². The third kappa shape index (κ3) is 3.73. The molecule has 0 saturated heterocycles. The molecule has 156 valence electrons. The number of carbonyl (C=O) groups is 1. The van der Waals surface area contributed by atoms with E-state index in [-0.39, 0.29) is 21.4 Å². The molecular weight excluding hydrogens is 414 g/mol. The lowest BCUT2D eigenvalue weighted by atomic mass is 10.1. The molecule has 2 aromatic heterocycles. The van der Waals surface area contributed by atoms with Gasteiger partial charge in [0, 0.05) is 5.56 Å². The van der Waals surface area contributed by atoms with Gasteiger partial charge >= 0.3 is 5.97 Å². The summed E-state index contributed by atoms with van der Waals surface area (Å²) < 4.78 is 12.1. The smallest absolute Gasteiger partial charge is 0.338 e. The summed E-state index contributed by atoms with van der Waals surface area (Å²) in [5.41, 5.74) is 2.78. The van der Waals surface area contributed by atoms with Crippen LogP contribution in [0.5, 0.6) is 5.75 Å². The van der Waals surface area contributed by atoms with Gasteiger partial charge in [-0.1, -0.05) is 24.3 Å². The van der Waals surface area contributed by atoms with Crippen LogP contribution in [0.2, 0.25) is 0 Å². The maximum atomic E-state index is 12.8. The number of H-pyrrole nitrogens is 1. The van der Waals surface area contributed by atoms with Crippen molar-refractivity contribution in [3.05, 3.63) is 80.8 Å². The number of nitrogens with zero attached hydrogens (tertiary/aromatic N) is 2. The van der Waals surface area contributed by atoms with E-state index in [4.69, 9.17) is 26.7 Å². The number of fused-ring (bicyclic) bond motifs is 1. The standard InChI is InChI=1S/C23H19N3O4S/c1-13-6-4-8-15(10-13)26-20-19(21(27)25-23(26)31)17(22(28)30-3)12-18(24-20)14-7-5-9-16(11-14)29-2/h4-12H,1-3H3,(H,25,27,31). The monoisotopic (exact) mass is 433 g/mol. The molecule has 0 aliphatic rings. The van der Waals surface area contributed by atoms with Crippen molar-refractivity contribution < 1.29 is 14.3 Å². The third-order valence-corrected chi connectivity index (χ3v) is 5.18. The Balaban J connectivity index is 2.16. The third-order valence-electron chi connectivity index (χ3n) is 4.89. The number of pyridine rings is 1. The predicted molar refractivity (Wildman–Crippen MR) is 121 cm³/mol. The van der Waals surface area contributed by atoms with Gasteiger partial charge in [0.05, 0.1) is 36.6 Å². The van der Waals surface area contributed by atoms with Gasteiger partial charge in [0.15, 0.2) is 10.4 Å². The van der Waals surface area contributed by atoms with Crippen molar-refractivity contribution in [2.24, 2.45) is 0 Å². The predicted octanol–water partition coefficient (Wildman–Crippen LogP) is 4.21. The first-order valence-electron chi connectivity index (χ1n) is 9.43. The Morgan fingerprint density at radius 1 is 1.10 bits per heavy atom. The summed E-state index contributed by atoms with van der Waals surface area (Å²) in [6.07, 6.45) is 0. The summed E-state index contributed by atoms with van der Waals surface area (Å²) in [6, 6.07) is 16.4. The molecule has 0 spiro atoms. The molecular formula is C23H19N3O4S. The van der Waals surface area contributed by atoms with E-state index in [2.05, 4.69) is 4.98 Å². The first-order valence-corrected chi connectivity index (χ1v) is 9.83. The molecule has 0 aliphatic carbocycles. The van der Waals surface area contributed by atoms with E-state index >= 15 is 0 Å². The normalized spacial score (nSPS) is 10.8. The highest BCUT2D eigenvalue weighted by Gasteiger charge is 2.20. The molecule has 4 rings (SSSR count). The number of hydrogen-bond acceptors (Lipinski definition) is 6. The van der Waals surface area contributed by atoms with Gasteiger partial charge in [-0.25, -0.2) is 9.78 Å². The van der Waals surface area contributed by atoms with Gasteiger partial charge in [0.2, 0.25) is 0 Å². The minimum Gasteiger partial charge on any atom is -0.497 e. The van der Waals surface area contributed by atoms with Crippen LogP contribution in [-0.4, -0.2) is 34.7 Å². The number of nitrogens with one attached hydrogen (secondary N) is 1. The van der Waals surface area contributed by atoms with Crippen LogP contribution < -0.4 is 10.3 Å². The van der Waals surface area contributed by atoms with Crippen LogP contribution in [0.1, 0.15) is 15.9 Å². The Labute approximate surface area is 182 Å². The van der Waals surface area contributed by atoms with Gasteiger partial charge in [-0.2, -0.15) is 0 Å². The summed E-state index contributed by atoms with van der Waals surface area (Å²) >= 11 is 5.46. The van der Waals surface area contributed by atoms with Gasteiger partial charge in [-0.15, -0.1) is 0 Å². The maximum Gasteiger partial charge on any atom is 0.338 e. The van der Waals surface area contributed by atoms with Crippen LogP contribution in [-0.2, 0) is 4.74 Å². The SMILES string of the molecule is COC(=O)c1cc(-c2cccc(OC)c2)nc2c1c(=O)[nH]c(=S)n2-c1cccc(C)c1. The molecule has 8 heteroatoms. The van der Waals surface area contributed by atoms with Crippen molar-refractivity contribution in [2.75, 3.05) is 14.2 Å². The minimum absolute atomic E-state index is 0.1000. The molecule has 0 aliphatic heterocycles. The fraction of sp³-hybridized carbons (Fsp3) is 0.130. The second kappa shape index (κ2) is 8.16. The van der Waals surface area contributed by atoms with E-state index in [9.17, 15) is 9.59 Å². The summed E-state index contributed by atoms with van der Waals surface area (Å²) in [5.74, 6) is -0.00426. The molecule has 31 heavy (non-hydrogen) atoms. The number of hydrogen-bond donors (Lipinski definition) is 1. The van der Waals surface area contributed by atoms with Crippen LogP contribution in [0.15, 0.2) is 59.4 Å². The van der Waals surface area contributed by atoms with Crippen LogP contribution >= 0.6 is 12.2 Å². The minimum atomic E-state index is -0.644. The number of rotatable bonds is 4. The fourth-order valence-corrected chi connectivity index (χ4v) is 3.72. The zero-order chi connectivity index (χ0) is 22.1. The first kappa shape index (κ1) is 20.5. The Kier molecular flexibility index (Phi) is 5.39. The molecule has 0 bridgehead atoms. The van der Waals surface area contributed by atoms with E-state index in [0.29, 0.717) is 17.0 Å². The van der Waals surface area contributed by atoms with Crippen molar-refractivity contribution in [1.82, 2.24) is 14.5 Å². The Morgan fingerprint density at radius 3 is 2.58 bits per heavy atom. The number of benzene rings is 2. The van der Waals surface area contributed by atoms with Crippen molar-refractivity contribution in [3.8, 4) is 22.7 Å². The first-order chi connectivity index (χ1) is 14.9. The highest BCUT2D eigenvalue weighted by atomic mass is 32.1. The van der Waals surface area contributed by atoms with Crippen LogP contribution in [0.25, 0.3) is 28.0 Å². The fourth-order valence-electron chi connectivity index (χ4n) is 3.44. The second-order valence-electron chi connectivity index (χ2n) is 6.91. The van der Waals surface area contributed by atoms with Gasteiger partial charge in [-0.3, -0.25) is 14.3 Å². The molecule has 4 aromatic rings. The number of aryl methyl sites for hydroxylation is 1. The Bertz CT molecular complexity index is 1440. The topological polar surface area (TPSA) is 86.2 Å². The van der Waals surface area contributed by atoms with E-state index in [0.717, 1.165) is 11.3 Å². The lowest BCUT2D eigenvalue weighted by molar-refractivity contribution is 0.0603. The second-order valence-corrected chi connectivity index (χ2v) is 7.30. The highest BCUT2D eigenvalue weighted by molar-refractivity contribution is 7.71. The lowest BCUT2D eigenvalue weighted by Gasteiger charge is -2.14. The summed E-state index contributed by atoms with van der Waals surface area (Å²) in [6.45, 7) is 1.95. The number of aromatic nitrogens is 3. The lowest BCUT2D eigenvalue weighted by Crippen LogP contribution is -2.19. The zero-order valence-corrected chi connectivity index (χ0v) is 17.9. The molecule has 0 amide bonds. The van der Waals surface area contributed by atoms with E-state index in [1.54, 1.807) is 23.8 Å². The number of aromatic amines is 1. The molecule has 0 atom stereocenters. The average molecular weight is 433 g/mol. The summed E-state index contributed by atoms with van der Waals surface area (Å²) in [7, 11) is 2.84. The molecule has 0 saturated carbocycles. The average Bonchev–Trinajstić information content (AvgIpc) is 2.77. The van der Waals surface area contributed by atoms with E-state index in [1.165, 1.54) is 7.11 Å². The number of carbonyl (C=O) groups excluding carboxylic acids is 1. The maximum absolute atomic E-state index is 12.8. The number of ether oxygens (including phenoxy) is 2. The van der Waals surface area contributed by atoms with Gasteiger partial charge in [0.1, 0.15) is 5.75 Å². The van der Waals surface area contributed by atoms with Crippen molar-refractivity contribution in [2.45, 2.75) is 6.92 Å². The number of esters is 1. The number of methoxy groups -OCH3 is 2. The molecule has 2 heterocycles. The van der Waals surface area contributed by atoms with Crippen LogP contribution in [0, 0.1) is 11.7 Å². The Morgan fingerprint density at radius 2 is 1.87 bits per heavy atom. The van der Waals surface area contributed by atoms with Crippen molar-refractivity contribution in [3.63, 3.8) is 0 Å². The zero-order valence-electron chi connectivity index (χ0n) is 17.1. The quantitative estimate of drug-likeness (QED) is 0.383. The van der Waals surface area contributed by atoms with Gasteiger partial charge < -0.3 is 9.47 Å². The van der Waals surface area contributed by atoms with Crippen LogP contribution in [0.3, 0.4) is 0 Å². The Hall–Kier alpha value is -3.78. The molecule has 0 unspecified atom stereocenters. The molecule has 7 nitrogen and oxygen atoms in total. The van der Waals surface area contributed by atoms with E-state index in [1.807, 2.05) is 49.4 Å². The largest absolute Gasteiger partial charge is 0.497 e. The molecule has 2 aromatic carbocycles.